The Bertz CT molecular complexity index is 1300. The number of amides is 1. The number of nitrogens with zero attached hydrogens (tertiary/aromatic N) is 5. The number of hydrogen-bond donors (Lipinski definition) is 0. The van der Waals surface area contributed by atoms with Gasteiger partial charge in [0.15, 0.2) is 15.9 Å². The molecule has 0 saturated carbocycles. The maximum Gasteiger partial charge on any atom is 0.274 e. The molecule has 5 rings (SSSR count). The maximum atomic E-state index is 13.3. The third-order valence-corrected chi connectivity index (χ3v) is 8.07. The summed E-state index contributed by atoms with van der Waals surface area (Å²) in [6.45, 7) is 8.97. The molecular formula is C24H27N5O3S2. The predicted molar refractivity (Wildman–Crippen MR) is 138 cm³/mol. The molecule has 8 nitrogen and oxygen atoms in total. The molecule has 2 aliphatic rings. The second-order valence-corrected chi connectivity index (χ2v) is 10.4. The van der Waals surface area contributed by atoms with Gasteiger partial charge < -0.3 is 14.5 Å². The highest BCUT2D eigenvalue weighted by molar-refractivity contribution is 7.99. The van der Waals surface area contributed by atoms with Crippen LogP contribution in [0.15, 0.2) is 40.8 Å². The minimum atomic E-state index is -0.132. The number of fused-ring (bicyclic) bond motifs is 2. The Balaban J connectivity index is 1.41. The third kappa shape index (κ3) is 4.44. The topological polar surface area (TPSA) is 80.6 Å². The van der Waals surface area contributed by atoms with E-state index in [1.807, 2.05) is 25.1 Å². The molecule has 1 amide bonds. The SMILES string of the molecule is C=CCn1c(SCC(=O)N2CCOc3ccc(C)cc32)nc2nc(N3CCCCC3)sc2c1=O. The van der Waals surface area contributed by atoms with Crippen molar-refractivity contribution in [3.8, 4) is 5.75 Å². The fraction of sp³-hybridized carbons (Fsp3) is 0.417. The first-order valence-electron chi connectivity index (χ1n) is 11.5. The van der Waals surface area contributed by atoms with Crippen molar-refractivity contribution in [1.82, 2.24) is 14.5 Å². The van der Waals surface area contributed by atoms with E-state index in [1.54, 1.807) is 15.5 Å². The zero-order valence-corrected chi connectivity index (χ0v) is 20.8. The van der Waals surface area contributed by atoms with Gasteiger partial charge in [0.05, 0.1) is 18.0 Å². The lowest BCUT2D eigenvalue weighted by Crippen LogP contribution is -2.39. The summed E-state index contributed by atoms with van der Waals surface area (Å²) in [7, 11) is 0. The molecule has 3 aromatic rings. The molecule has 2 aromatic heterocycles. The highest BCUT2D eigenvalue weighted by atomic mass is 32.2. The lowest BCUT2D eigenvalue weighted by Gasteiger charge is -2.29. The highest BCUT2D eigenvalue weighted by Crippen LogP contribution is 2.33. The van der Waals surface area contributed by atoms with Gasteiger partial charge in [-0.15, -0.1) is 6.58 Å². The van der Waals surface area contributed by atoms with E-state index in [0.717, 1.165) is 42.3 Å². The van der Waals surface area contributed by atoms with Crippen LogP contribution in [-0.2, 0) is 11.3 Å². The Kier molecular flexibility index (Phi) is 6.60. The van der Waals surface area contributed by atoms with Crippen LogP contribution in [0.3, 0.4) is 0 Å². The number of aryl methyl sites for hydroxylation is 1. The van der Waals surface area contributed by atoms with Crippen LogP contribution >= 0.6 is 23.1 Å². The number of piperidine rings is 1. The quantitative estimate of drug-likeness (QED) is 0.291. The Morgan fingerprint density at radius 3 is 2.85 bits per heavy atom. The molecule has 1 saturated heterocycles. The largest absolute Gasteiger partial charge is 0.490 e. The molecule has 0 spiro atoms. The van der Waals surface area contributed by atoms with Gasteiger partial charge >= 0.3 is 0 Å². The number of anilines is 2. The van der Waals surface area contributed by atoms with Crippen LogP contribution in [0.2, 0.25) is 0 Å². The van der Waals surface area contributed by atoms with Crippen molar-refractivity contribution < 1.29 is 9.53 Å². The molecular weight excluding hydrogens is 470 g/mol. The molecule has 178 valence electrons. The van der Waals surface area contributed by atoms with Crippen LogP contribution in [0.4, 0.5) is 10.8 Å². The van der Waals surface area contributed by atoms with E-state index in [2.05, 4.69) is 16.5 Å². The average molecular weight is 498 g/mol. The van der Waals surface area contributed by atoms with Crippen molar-refractivity contribution in [2.45, 2.75) is 37.9 Å². The first-order valence-corrected chi connectivity index (χ1v) is 13.3. The molecule has 10 heteroatoms. The maximum absolute atomic E-state index is 13.3. The molecule has 0 atom stereocenters. The molecule has 0 N–H and O–H groups in total. The number of hydrogen-bond acceptors (Lipinski definition) is 8. The molecule has 1 aromatic carbocycles. The van der Waals surface area contributed by atoms with Gasteiger partial charge in [-0.3, -0.25) is 14.2 Å². The number of aromatic nitrogens is 3. The van der Waals surface area contributed by atoms with Crippen LogP contribution in [0, 0.1) is 6.92 Å². The molecule has 2 aliphatic heterocycles. The van der Waals surface area contributed by atoms with Crippen molar-refractivity contribution in [2.24, 2.45) is 0 Å². The van der Waals surface area contributed by atoms with Gasteiger partial charge in [0.25, 0.3) is 5.56 Å². The minimum Gasteiger partial charge on any atom is -0.490 e. The Morgan fingerprint density at radius 1 is 1.24 bits per heavy atom. The van der Waals surface area contributed by atoms with E-state index in [1.165, 1.54) is 29.5 Å². The normalized spacial score (nSPS) is 15.8. The number of allylic oxidation sites excluding steroid dienone is 1. The van der Waals surface area contributed by atoms with Gasteiger partial charge in [-0.25, -0.2) is 4.98 Å². The van der Waals surface area contributed by atoms with E-state index in [9.17, 15) is 9.59 Å². The summed E-state index contributed by atoms with van der Waals surface area (Å²) >= 11 is 2.67. The average Bonchev–Trinajstić information content (AvgIpc) is 3.29. The van der Waals surface area contributed by atoms with Gasteiger partial charge in [0.2, 0.25) is 5.91 Å². The molecule has 1 fully saturated rings. The number of carbonyl (C=O) groups excluding carboxylic acids is 1. The molecule has 0 aliphatic carbocycles. The summed E-state index contributed by atoms with van der Waals surface area (Å²) in [6.07, 6.45) is 5.18. The molecule has 0 unspecified atom stereocenters. The number of ether oxygens (including phenoxy) is 1. The second-order valence-electron chi connectivity index (χ2n) is 8.45. The van der Waals surface area contributed by atoms with E-state index >= 15 is 0 Å². The lowest BCUT2D eigenvalue weighted by molar-refractivity contribution is -0.116. The molecule has 34 heavy (non-hydrogen) atoms. The number of benzene rings is 1. The van der Waals surface area contributed by atoms with E-state index < -0.39 is 0 Å². The van der Waals surface area contributed by atoms with Gasteiger partial charge in [-0.1, -0.05) is 35.2 Å². The third-order valence-electron chi connectivity index (χ3n) is 6.01. The van der Waals surface area contributed by atoms with Crippen LogP contribution in [-0.4, -0.2) is 52.4 Å². The Morgan fingerprint density at radius 2 is 2.06 bits per heavy atom. The van der Waals surface area contributed by atoms with Crippen molar-refractivity contribution in [1.29, 1.82) is 0 Å². The van der Waals surface area contributed by atoms with Crippen molar-refractivity contribution in [3.05, 3.63) is 46.8 Å². The van der Waals surface area contributed by atoms with Crippen LogP contribution in [0.25, 0.3) is 10.3 Å². The van der Waals surface area contributed by atoms with E-state index in [-0.39, 0.29) is 17.2 Å². The number of thioether (sulfide) groups is 1. The summed E-state index contributed by atoms with van der Waals surface area (Å²) in [5.74, 6) is 0.823. The van der Waals surface area contributed by atoms with Crippen LogP contribution in [0.5, 0.6) is 5.75 Å². The standard InChI is InChI=1S/C24H27N5O3S2/c1-3-9-29-22(31)20-21(25-23(34-20)27-10-5-4-6-11-27)26-24(29)33-15-19(30)28-12-13-32-18-8-7-16(2)14-17(18)28/h3,7-8,14H,1,4-6,9-13,15H2,2H3. The zero-order valence-electron chi connectivity index (χ0n) is 19.2. The molecule has 0 radical (unpaired) electrons. The van der Waals surface area contributed by atoms with Crippen molar-refractivity contribution >= 4 is 50.2 Å². The second kappa shape index (κ2) is 9.79. The first kappa shape index (κ1) is 22.9. The van der Waals surface area contributed by atoms with Gasteiger partial charge in [-0.2, -0.15) is 4.98 Å². The van der Waals surface area contributed by atoms with Gasteiger partial charge in [0, 0.05) is 19.6 Å². The fourth-order valence-electron chi connectivity index (χ4n) is 4.29. The van der Waals surface area contributed by atoms with Crippen LogP contribution < -0.4 is 20.1 Å². The summed E-state index contributed by atoms with van der Waals surface area (Å²) in [5, 5.41) is 1.34. The fourth-order valence-corrected chi connectivity index (χ4v) is 6.17. The zero-order chi connectivity index (χ0) is 23.7. The first-order chi connectivity index (χ1) is 16.5. The van der Waals surface area contributed by atoms with Crippen LogP contribution in [0.1, 0.15) is 24.8 Å². The Hall–Kier alpha value is -2.85. The number of carbonyl (C=O) groups is 1. The number of rotatable bonds is 6. The summed E-state index contributed by atoms with van der Waals surface area (Å²) < 4.78 is 7.85. The predicted octanol–water partition coefficient (Wildman–Crippen LogP) is 3.86. The number of thiazole rings is 1. The monoisotopic (exact) mass is 497 g/mol. The Labute approximate surface area is 206 Å². The highest BCUT2D eigenvalue weighted by Gasteiger charge is 2.25. The smallest absolute Gasteiger partial charge is 0.274 e. The van der Waals surface area contributed by atoms with Gasteiger partial charge in [0.1, 0.15) is 17.1 Å². The van der Waals surface area contributed by atoms with E-state index in [4.69, 9.17) is 9.72 Å². The van der Waals surface area contributed by atoms with E-state index in [0.29, 0.717) is 40.9 Å². The lowest BCUT2D eigenvalue weighted by atomic mass is 10.1. The molecule has 0 bridgehead atoms. The summed E-state index contributed by atoms with van der Waals surface area (Å²) in [4.78, 5) is 39.8. The molecule has 4 heterocycles. The van der Waals surface area contributed by atoms with Crippen molar-refractivity contribution in [3.63, 3.8) is 0 Å². The summed E-state index contributed by atoms with van der Waals surface area (Å²) in [5.41, 5.74) is 2.18. The van der Waals surface area contributed by atoms with Crippen molar-refractivity contribution in [2.75, 3.05) is 41.8 Å². The minimum absolute atomic E-state index is 0.0491. The summed E-state index contributed by atoms with van der Waals surface area (Å²) in [6, 6.07) is 5.84. The van der Waals surface area contributed by atoms with Gasteiger partial charge in [-0.05, 0) is 43.9 Å².